The zero-order valence-electron chi connectivity index (χ0n) is 25.0. The molecule has 1 aromatic carbocycles. The van der Waals surface area contributed by atoms with Gasteiger partial charge in [0.25, 0.3) is 5.91 Å². The first-order chi connectivity index (χ1) is 20.9. The summed E-state index contributed by atoms with van der Waals surface area (Å²) < 4.78 is 101. The minimum Gasteiger partial charge on any atom is -0.365 e. The molecular weight excluding hydrogens is 615 g/mol. The molecule has 1 aliphatic carbocycles. The van der Waals surface area contributed by atoms with E-state index in [9.17, 15) is 36.2 Å². The molecule has 45 heavy (non-hydrogen) atoms. The van der Waals surface area contributed by atoms with Crippen molar-refractivity contribution < 1.29 is 45.4 Å². The molecule has 250 valence electrons. The summed E-state index contributed by atoms with van der Waals surface area (Å²) in [6, 6.07) is 1.53. The Kier molecular flexibility index (Phi) is 10.2. The minimum absolute atomic E-state index is 0.0653. The summed E-state index contributed by atoms with van der Waals surface area (Å²) in [7, 11) is 0. The van der Waals surface area contributed by atoms with Gasteiger partial charge in [-0.25, -0.2) is 9.37 Å². The molecule has 0 radical (unpaired) electrons. The summed E-state index contributed by atoms with van der Waals surface area (Å²) >= 11 is 0. The fraction of sp³-hybridized carbons (Fsp3) is 0.607. The zero-order chi connectivity index (χ0) is 33.4. The third kappa shape index (κ3) is 8.31. The van der Waals surface area contributed by atoms with Crippen molar-refractivity contribution in [3.05, 3.63) is 47.3 Å². The van der Waals surface area contributed by atoms with E-state index in [1.54, 1.807) is 13.8 Å². The van der Waals surface area contributed by atoms with E-state index in [-0.39, 0.29) is 40.1 Å². The highest BCUT2D eigenvalue weighted by molar-refractivity contribution is 5.93. The largest absolute Gasteiger partial charge is 0.414 e. The van der Waals surface area contributed by atoms with Crippen LogP contribution in [0.15, 0.2) is 24.4 Å². The lowest BCUT2D eigenvalue weighted by atomic mass is 9.99. The highest BCUT2D eigenvalue weighted by Gasteiger charge is 2.42. The number of nitrogens with one attached hydrogen (secondary N) is 2. The Bertz CT molecular complexity index is 1470. The number of alkyl halides is 6. The van der Waals surface area contributed by atoms with Crippen molar-refractivity contribution in [2.45, 2.75) is 96.0 Å². The predicted octanol–water partition coefficient (Wildman–Crippen LogP) is 5.25. The number of ether oxygens (including phenoxy) is 1. The van der Waals surface area contributed by atoms with E-state index in [0.29, 0.717) is 12.8 Å². The van der Waals surface area contributed by atoms with Gasteiger partial charge in [0.1, 0.15) is 23.1 Å². The Labute approximate surface area is 254 Å². The molecule has 5 atom stereocenters. The van der Waals surface area contributed by atoms with Gasteiger partial charge < -0.3 is 20.1 Å². The second-order valence-corrected chi connectivity index (χ2v) is 11.6. The number of carbonyl (C=O) groups is 1. The maximum Gasteiger partial charge on any atom is 0.414 e. The van der Waals surface area contributed by atoms with Gasteiger partial charge in [0.2, 0.25) is 0 Å². The highest BCUT2D eigenvalue weighted by atomic mass is 19.4. The van der Waals surface area contributed by atoms with Gasteiger partial charge in [0.15, 0.2) is 18.3 Å². The number of aromatic amines is 1. The van der Waals surface area contributed by atoms with E-state index in [1.165, 1.54) is 29.9 Å². The standard InChI is InChI=1S/C28H36F7N7O3/c1-13(2)42-20(7-9-37-42)25(43)40-21(14(3)45-15(4)28(33,34)35)24-38-19-12-17(11-18(29)22(19)39-24)23(16-5-6-16)41(26(36)44)10-8-27(30,31)32/h7,9,11-16,21,23,26,44H,5-6,8,10,36H2,1-4H3,(H,38,39)(H,40,43)/t14-,15-,21+,23-,26?/m1/s1. The molecule has 0 saturated heterocycles. The van der Waals surface area contributed by atoms with Crippen LogP contribution in [0.25, 0.3) is 11.0 Å². The Morgan fingerprint density at radius 1 is 1.20 bits per heavy atom. The second-order valence-electron chi connectivity index (χ2n) is 11.6. The van der Waals surface area contributed by atoms with Crippen LogP contribution in [0.2, 0.25) is 0 Å². The molecule has 1 unspecified atom stereocenters. The third-order valence-electron chi connectivity index (χ3n) is 7.66. The molecule has 5 N–H and O–H groups in total. The van der Waals surface area contributed by atoms with Gasteiger partial charge >= 0.3 is 12.4 Å². The molecule has 1 aliphatic rings. The zero-order valence-corrected chi connectivity index (χ0v) is 25.0. The average molecular weight is 652 g/mol. The van der Waals surface area contributed by atoms with Crippen molar-refractivity contribution in [2.24, 2.45) is 11.7 Å². The number of nitrogens with zero attached hydrogens (tertiary/aromatic N) is 4. The highest BCUT2D eigenvalue weighted by Crippen LogP contribution is 2.46. The number of aliphatic hydroxyl groups is 1. The Morgan fingerprint density at radius 3 is 2.42 bits per heavy atom. The van der Waals surface area contributed by atoms with E-state index < -0.39 is 67.7 Å². The molecule has 1 fully saturated rings. The Morgan fingerprint density at radius 2 is 1.87 bits per heavy atom. The van der Waals surface area contributed by atoms with Crippen molar-refractivity contribution in [1.29, 1.82) is 0 Å². The minimum atomic E-state index is -4.71. The van der Waals surface area contributed by atoms with Crippen LogP contribution in [0, 0.1) is 11.7 Å². The number of carbonyl (C=O) groups excluding carboxylic acids is 1. The van der Waals surface area contributed by atoms with E-state index in [4.69, 9.17) is 10.5 Å². The van der Waals surface area contributed by atoms with Crippen LogP contribution in [0.1, 0.15) is 87.0 Å². The first-order valence-electron chi connectivity index (χ1n) is 14.4. The number of imidazole rings is 1. The van der Waals surface area contributed by atoms with Crippen LogP contribution in [0.3, 0.4) is 0 Å². The van der Waals surface area contributed by atoms with Crippen LogP contribution in [0.4, 0.5) is 30.7 Å². The van der Waals surface area contributed by atoms with Crippen LogP contribution < -0.4 is 11.1 Å². The molecule has 0 aliphatic heterocycles. The maximum absolute atomic E-state index is 15.5. The van der Waals surface area contributed by atoms with E-state index >= 15 is 4.39 Å². The molecule has 1 saturated carbocycles. The number of benzene rings is 1. The number of hydrogen-bond donors (Lipinski definition) is 4. The first kappa shape index (κ1) is 34.6. The number of H-pyrrole nitrogens is 1. The maximum atomic E-state index is 15.5. The quantitative estimate of drug-likeness (QED) is 0.147. The second kappa shape index (κ2) is 13.2. The summed E-state index contributed by atoms with van der Waals surface area (Å²) in [5.74, 6) is -1.90. The van der Waals surface area contributed by atoms with Gasteiger partial charge in [-0.1, -0.05) is 0 Å². The summed E-state index contributed by atoms with van der Waals surface area (Å²) in [5.41, 5.74) is 5.82. The number of halogens is 7. The van der Waals surface area contributed by atoms with Gasteiger partial charge in [-0.3, -0.25) is 20.1 Å². The average Bonchev–Trinajstić information content (AvgIpc) is 3.44. The fourth-order valence-corrected chi connectivity index (χ4v) is 5.28. The molecule has 2 aromatic heterocycles. The number of hydrogen-bond acceptors (Lipinski definition) is 7. The van der Waals surface area contributed by atoms with Crippen molar-refractivity contribution in [1.82, 2.24) is 30.0 Å². The summed E-state index contributed by atoms with van der Waals surface area (Å²) in [4.78, 5) is 21.4. The normalized spacial score (nSPS) is 17.9. The number of amides is 1. The monoisotopic (exact) mass is 651 g/mol. The summed E-state index contributed by atoms with van der Waals surface area (Å²) in [6.07, 6.45) is -13.2. The van der Waals surface area contributed by atoms with Crippen molar-refractivity contribution >= 4 is 16.9 Å². The smallest absolute Gasteiger partial charge is 0.365 e. The van der Waals surface area contributed by atoms with E-state index in [0.717, 1.165) is 17.9 Å². The van der Waals surface area contributed by atoms with Crippen molar-refractivity contribution in [3.8, 4) is 0 Å². The lowest BCUT2D eigenvalue weighted by Gasteiger charge is -2.34. The summed E-state index contributed by atoms with van der Waals surface area (Å²) in [5, 5.41) is 16.9. The Balaban J connectivity index is 1.73. The molecule has 10 nitrogen and oxygen atoms in total. The van der Waals surface area contributed by atoms with Crippen molar-refractivity contribution in [2.75, 3.05) is 6.54 Å². The number of nitrogens with two attached hydrogens (primary N) is 1. The fourth-order valence-electron chi connectivity index (χ4n) is 5.28. The first-order valence-corrected chi connectivity index (χ1v) is 14.4. The number of rotatable bonds is 13. The van der Waals surface area contributed by atoms with Gasteiger partial charge in [0.05, 0.1) is 18.0 Å². The third-order valence-corrected chi connectivity index (χ3v) is 7.66. The number of aliphatic hydroxyl groups excluding tert-OH is 1. The predicted molar refractivity (Wildman–Crippen MR) is 148 cm³/mol. The Hall–Kier alpha value is -3.28. The lowest BCUT2D eigenvalue weighted by Crippen LogP contribution is -2.46. The molecular formula is C28H36F7N7O3. The molecule has 0 spiro atoms. The van der Waals surface area contributed by atoms with Gasteiger partial charge in [-0.15, -0.1) is 0 Å². The molecule has 2 heterocycles. The van der Waals surface area contributed by atoms with E-state index in [1.807, 2.05) is 0 Å². The number of fused-ring (bicyclic) bond motifs is 1. The topological polar surface area (TPSA) is 134 Å². The van der Waals surface area contributed by atoms with Crippen LogP contribution in [-0.2, 0) is 4.74 Å². The van der Waals surface area contributed by atoms with E-state index in [2.05, 4.69) is 20.4 Å². The summed E-state index contributed by atoms with van der Waals surface area (Å²) in [6.45, 7) is 5.03. The van der Waals surface area contributed by atoms with Gasteiger partial charge in [-0.2, -0.15) is 31.4 Å². The van der Waals surface area contributed by atoms with Crippen LogP contribution in [-0.4, -0.2) is 73.1 Å². The van der Waals surface area contributed by atoms with Crippen LogP contribution >= 0.6 is 0 Å². The molecule has 1 amide bonds. The van der Waals surface area contributed by atoms with Gasteiger partial charge in [0, 0.05) is 24.8 Å². The molecule has 4 rings (SSSR count). The molecule has 0 bridgehead atoms. The number of aromatic nitrogens is 4. The SMILES string of the molecule is CC(C)n1nccc1C(=O)N[C@H](c1nc2c(F)cc([C@@H](C3CC3)N(CCC(F)(F)F)C(N)O)cc2[nH]1)[C@@H](C)O[C@H](C)C(F)(F)F. The van der Waals surface area contributed by atoms with Gasteiger partial charge in [-0.05, 0) is 70.2 Å². The van der Waals surface area contributed by atoms with Crippen molar-refractivity contribution in [3.63, 3.8) is 0 Å². The van der Waals surface area contributed by atoms with Crippen LogP contribution in [0.5, 0.6) is 0 Å². The lowest BCUT2D eigenvalue weighted by molar-refractivity contribution is -0.227. The molecule has 3 aromatic rings. The molecule has 17 heteroatoms.